The molecule has 0 aliphatic carbocycles. The monoisotopic (exact) mass is 314 g/mol. The molecule has 0 spiro atoms. The van der Waals surface area contributed by atoms with E-state index < -0.39 is 0 Å². The van der Waals surface area contributed by atoms with Crippen molar-refractivity contribution >= 4 is 46.7 Å². The average Bonchev–Trinajstić information content (AvgIpc) is 2.92. The van der Waals surface area contributed by atoms with Gasteiger partial charge in [0, 0.05) is 13.2 Å². The highest BCUT2D eigenvalue weighted by atomic mass is 32.2. The normalized spacial score (nSPS) is 10.7. The lowest BCUT2D eigenvalue weighted by Gasteiger charge is -2.04. The lowest BCUT2D eigenvalue weighted by Crippen LogP contribution is -2.13. The number of amides is 1. The molecule has 8 heteroatoms. The Bertz CT molecular complexity index is 584. The van der Waals surface area contributed by atoms with E-state index in [1.165, 1.54) is 23.3 Å². The van der Waals surface area contributed by atoms with E-state index in [-0.39, 0.29) is 5.91 Å². The Morgan fingerprint density at radius 1 is 1.42 bits per heavy atom. The van der Waals surface area contributed by atoms with Crippen molar-refractivity contribution in [1.29, 1.82) is 0 Å². The molecule has 1 amide bonds. The molecule has 2 rings (SSSR count). The van der Waals surface area contributed by atoms with Crippen LogP contribution in [0.25, 0.3) is 0 Å². The lowest BCUT2D eigenvalue weighted by molar-refractivity contribution is 0.102. The molecule has 0 bridgehead atoms. The fraction of sp³-hybridized carbons (Fsp3) is 0.364. The number of carbonyl (C=O) groups excluding carboxylic acids is 1. The lowest BCUT2D eigenvalue weighted by atomic mass is 10.3. The molecule has 2 aromatic rings. The Labute approximate surface area is 124 Å². The van der Waals surface area contributed by atoms with Crippen LogP contribution in [0.2, 0.25) is 0 Å². The molecular weight excluding hydrogens is 300 g/mol. The second kappa shape index (κ2) is 5.98. The number of thioether (sulfide) groups is 2. The molecule has 1 N–H and O–H groups in total. The van der Waals surface area contributed by atoms with E-state index in [0.717, 1.165) is 20.6 Å². The molecule has 19 heavy (non-hydrogen) atoms. The van der Waals surface area contributed by atoms with Crippen molar-refractivity contribution in [2.75, 3.05) is 17.8 Å². The van der Waals surface area contributed by atoms with Crippen LogP contribution in [0.5, 0.6) is 0 Å². The van der Waals surface area contributed by atoms with Crippen LogP contribution in [-0.4, -0.2) is 32.6 Å². The standard InChI is InChI=1S/C11H14N4OS3/c1-6-7(5-15(2)13-6)12-9(16)8-10(17-3)14-19-11(8)18-4/h5H,1-4H3,(H,12,16). The zero-order chi connectivity index (χ0) is 14.0. The van der Waals surface area contributed by atoms with E-state index in [9.17, 15) is 4.79 Å². The minimum Gasteiger partial charge on any atom is -0.319 e. The van der Waals surface area contributed by atoms with E-state index in [1.54, 1.807) is 22.6 Å². The maximum Gasteiger partial charge on any atom is 0.260 e. The van der Waals surface area contributed by atoms with Crippen molar-refractivity contribution in [2.24, 2.45) is 7.05 Å². The van der Waals surface area contributed by atoms with Crippen LogP contribution >= 0.6 is 35.1 Å². The van der Waals surface area contributed by atoms with Gasteiger partial charge in [-0.3, -0.25) is 9.48 Å². The molecule has 5 nitrogen and oxygen atoms in total. The molecule has 0 aliphatic heterocycles. The average molecular weight is 314 g/mol. The number of nitrogens with one attached hydrogen (secondary N) is 1. The number of anilines is 1. The summed E-state index contributed by atoms with van der Waals surface area (Å²) in [5, 5.41) is 7.88. The van der Waals surface area contributed by atoms with Gasteiger partial charge in [0.2, 0.25) is 0 Å². The minimum absolute atomic E-state index is 0.126. The zero-order valence-corrected chi connectivity index (χ0v) is 13.5. The number of nitrogens with zero attached hydrogens (tertiary/aromatic N) is 3. The first-order chi connectivity index (χ1) is 9.06. The van der Waals surface area contributed by atoms with Crippen LogP contribution in [0.3, 0.4) is 0 Å². The zero-order valence-electron chi connectivity index (χ0n) is 11.1. The molecule has 0 saturated carbocycles. The number of carbonyl (C=O) groups is 1. The highest BCUT2D eigenvalue weighted by Crippen LogP contribution is 2.33. The second-order valence-corrected chi connectivity index (χ2v) is 6.46. The summed E-state index contributed by atoms with van der Waals surface area (Å²) >= 11 is 4.38. The largest absolute Gasteiger partial charge is 0.319 e. The van der Waals surface area contributed by atoms with Gasteiger partial charge in [0.1, 0.15) is 5.03 Å². The Kier molecular flexibility index (Phi) is 4.54. The van der Waals surface area contributed by atoms with Gasteiger partial charge in [-0.25, -0.2) is 0 Å². The molecule has 0 fully saturated rings. The molecule has 0 unspecified atom stereocenters. The molecule has 0 aliphatic rings. The van der Waals surface area contributed by atoms with E-state index in [0.29, 0.717) is 5.56 Å². The smallest absolute Gasteiger partial charge is 0.260 e. The third kappa shape index (κ3) is 2.96. The fourth-order valence-corrected chi connectivity index (χ4v) is 3.92. The van der Waals surface area contributed by atoms with Crippen molar-refractivity contribution in [3.8, 4) is 0 Å². The van der Waals surface area contributed by atoms with Gasteiger partial charge in [-0.1, -0.05) is 0 Å². The SMILES string of the molecule is CSc1nsc(SC)c1C(=O)Nc1cn(C)nc1C. The summed E-state index contributed by atoms with van der Waals surface area (Å²) in [7, 11) is 1.83. The van der Waals surface area contributed by atoms with E-state index in [4.69, 9.17) is 0 Å². The summed E-state index contributed by atoms with van der Waals surface area (Å²) in [6, 6.07) is 0. The Morgan fingerprint density at radius 2 is 2.16 bits per heavy atom. The molecule has 0 atom stereocenters. The van der Waals surface area contributed by atoms with Gasteiger partial charge < -0.3 is 5.32 Å². The Balaban J connectivity index is 2.29. The summed E-state index contributed by atoms with van der Waals surface area (Å²) in [5.74, 6) is -0.126. The van der Waals surface area contributed by atoms with Gasteiger partial charge in [-0.2, -0.15) is 9.47 Å². The number of rotatable bonds is 4. The number of aromatic nitrogens is 3. The van der Waals surface area contributed by atoms with Crippen molar-refractivity contribution < 1.29 is 4.79 Å². The van der Waals surface area contributed by atoms with Crippen molar-refractivity contribution in [2.45, 2.75) is 16.2 Å². The molecule has 0 radical (unpaired) electrons. The predicted molar refractivity (Wildman–Crippen MR) is 81.6 cm³/mol. The van der Waals surface area contributed by atoms with Crippen molar-refractivity contribution in [3.63, 3.8) is 0 Å². The Morgan fingerprint density at radius 3 is 2.68 bits per heavy atom. The van der Waals surface area contributed by atoms with Gasteiger partial charge in [0.15, 0.2) is 0 Å². The fourth-order valence-electron chi connectivity index (χ4n) is 1.64. The number of hydrogen-bond acceptors (Lipinski definition) is 6. The summed E-state index contributed by atoms with van der Waals surface area (Å²) in [5.41, 5.74) is 2.20. The maximum absolute atomic E-state index is 12.4. The molecule has 2 heterocycles. The summed E-state index contributed by atoms with van der Waals surface area (Å²) in [6.07, 6.45) is 5.67. The van der Waals surface area contributed by atoms with Gasteiger partial charge in [0.05, 0.1) is 21.2 Å². The van der Waals surface area contributed by atoms with Gasteiger partial charge in [0.25, 0.3) is 5.91 Å². The summed E-state index contributed by atoms with van der Waals surface area (Å²) in [6.45, 7) is 1.87. The van der Waals surface area contributed by atoms with E-state index in [1.807, 2.05) is 26.5 Å². The van der Waals surface area contributed by atoms with Gasteiger partial charge in [-0.05, 0) is 31.0 Å². The molecule has 2 aromatic heterocycles. The second-order valence-electron chi connectivity index (χ2n) is 3.81. The third-order valence-electron chi connectivity index (χ3n) is 2.50. The first kappa shape index (κ1) is 14.4. The van der Waals surface area contributed by atoms with Crippen LogP contribution in [0.1, 0.15) is 16.1 Å². The quantitative estimate of drug-likeness (QED) is 0.879. The van der Waals surface area contributed by atoms with E-state index >= 15 is 0 Å². The molecular formula is C11H14N4OS3. The Hall–Kier alpha value is -0.990. The highest BCUT2D eigenvalue weighted by molar-refractivity contribution is 8.01. The first-order valence-electron chi connectivity index (χ1n) is 5.46. The minimum atomic E-state index is -0.126. The molecule has 102 valence electrons. The molecule has 0 saturated heterocycles. The van der Waals surface area contributed by atoms with Crippen LogP contribution in [-0.2, 0) is 7.05 Å². The van der Waals surface area contributed by atoms with Crippen LogP contribution < -0.4 is 5.32 Å². The first-order valence-corrected chi connectivity index (χ1v) is 8.68. The summed E-state index contributed by atoms with van der Waals surface area (Å²) in [4.78, 5) is 12.4. The van der Waals surface area contributed by atoms with Crippen molar-refractivity contribution in [1.82, 2.24) is 14.2 Å². The maximum atomic E-state index is 12.4. The van der Waals surface area contributed by atoms with Crippen LogP contribution in [0, 0.1) is 6.92 Å². The summed E-state index contributed by atoms with van der Waals surface area (Å²) < 4.78 is 6.91. The van der Waals surface area contributed by atoms with Gasteiger partial charge >= 0.3 is 0 Å². The molecule has 0 aromatic carbocycles. The van der Waals surface area contributed by atoms with Crippen molar-refractivity contribution in [3.05, 3.63) is 17.5 Å². The predicted octanol–water partition coefficient (Wildman–Crippen LogP) is 2.88. The van der Waals surface area contributed by atoms with E-state index in [2.05, 4.69) is 14.8 Å². The third-order valence-corrected chi connectivity index (χ3v) is 5.24. The van der Waals surface area contributed by atoms with Crippen LogP contribution in [0.15, 0.2) is 15.4 Å². The van der Waals surface area contributed by atoms with Crippen LogP contribution in [0.4, 0.5) is 5.69 Å². The topological polar surface area (TPSA) is 59.8 Å². The number of hydrogen-bond donors (Lipinski definition) is 1. The highest BCUT2D eigenvalue weighted by Gasteiger charge is 2.21. The number of aryl methyl sites for hydroxylation is 2. The van der Waals surface area contributed by atoms with Gasteiger partial charge in [-0.15, -0.1) is 23.5 Å².